The average Bonchev–Trinajstić information content (AvgIpc) is 2.75. The molecule has 0 saturated carbocycles. The maximum absolute atomic E-state index is 12.7. The fourth-order valence-electron chi connectivity index (χ4n) is 3.98. The van der Waals surface area contributed by atoms with E-state index in [-0.39, 0.29) is 5.91 Å². The zero-order chi connectivity index (χ0) is 19.3. The Morgan fingerprint density at radius 1 is 1.25 bits per heavy atom. The number of carbonyl (C=O) groups excluding carboxylic acids is 1. The summed E-state index contributed by atoms with van der Waals surface area (Å²) in [6.07, 6.45) is 5.37. The van der Waals surface area contributed by atoms with Crippen LogP contribution in [0.3, 0.4) is 0 Å². The molecule has 1 aromatic carbocycles. The van der Waals surface area contributed by atoms with Crippen LogP contribution < -0.4 is 10.1 Å². The Morgan fingerprint density at radius 2 is 2.04 bits per heavy atom. The van der Waals surface area contributed by atoms with E-state index in [4.69, 9.17) is 9.72 Å². The number of amides is 1. The number of benzene rings is 1. The third-order valence-corrected chi connectivity index (χ3v) is 5.60. The topological polar surface area (TPSA) is 67.3 Å². The first-order valence-corrected chi connectivity index (χ1v) is 10.3. The molecular weight excluding hydrogens is 352 g/mol. The maximum atomic E-state index is 12.7. The van der Waals surface area contributed by atoms with Crippen molar-refractivity contribution >= 4 is 5.91 Å². The van der Waals surface area contributed by atoms with Gasteiger partial charge in [0.2, 0.25) is 5.91 Å². The number of fused-ring (bicyclic) bond motifs is 1. The van der Waals surface area contributed by atoms with Crippen LogP contribution >= 0.6 is 0 Å². The number of ether oxygens (including phenoxy) is 1. The van der Waals surface area contributed by atoms with E-state index in [1.54, 1.807) is 0 Å². The van der Waals surface area contributed by atoms with E-state index in [1.807, 2.05) is 42.3 Å². The van der Waals surface area contributed by atoms with Gasteiger partial charge >= 0.3 is 0 Å². The van der Waals surface area contributed by atoms with Crippen molar-refractivity contribution in [3.63, 3.8) is 0 Å². The summed E-state index contributed by atoms with van der Waals surface area (Å²) in [5, 5.41) is 3.39. The van der Waals surface area contributed by atoms with Crippen molar-refractivity contribution in [3.05, 3.63) is 53.1 Å². The van der Waals surface area contributed by atoms with Crippen molar-refractivity contribution < 1.29 is 9.53 Å². The molecule has 4 rings (SSSR count). The molecule has 28 heavy (non-hydrogen) atoms. The quantitative estimate of drug-likeness (QED) is 0.863. The van der Waals surface area contributed by atoms with Gasteiger partial charge in [-0.15, -0.1) is 0 Å². The minimum atomic E-state index is 0.150. The van der Waals surface area contributed by atoms with Gasteiger partial charge in [-0.2, -0.15) is 0 Å². The van der Waals surface area contributed by atoms with Crippen LogP contribution in [0.1, 0.15) is 48.3 Å². The van der Waals surface area contributed by atoms with Crippen molar-refractivity contribution in [1.29, 1.82) is 0 Å². The van der Waals surface area contributed by atoms with E-state index in [1.165, 1.54) is 0 Å². The largest absolute Gasteiger partial charge is 0.494 e. The number of carbonyl (C=O) groups is 1. The summed E-state index contributed by atoms with van der Waals surface area (Å²) < 4.78 is 5.46. The van der Waals surface area contributed by atoms with Crippen molar-refractivity contribution in [3.8, 4) is 5.75 Å². The van der Waals surface area contributed by atoms with E-state index in [0.29, 0.717) is 25.5 Å². The molecule has 0 bridgehead atoms. The predicted octanol–water partition coefficient (Wildman–Crippen LogP) is 2.47. The second-order valence-corrected chi connectivity index (χ2v) is 7.54. The fourth-order valence-corrected chi connectivity index (χ4v) is 3.98. The zero-order valence-electron chi connectivity index (χ0n) is 16.5. The van der Waals surface area contributed by atoms with E-state index < -0.39 is 0 Å². The molecule has 1 fully saturated rings. The van der Waals surface area contributed by atoms with Gasteiger partial charge in [0.25, 0.3) is 0 Å². The summed E-state index contributed by atoms with van der Waals surface area (Å²) in [5.74, 6) is 2.44. The third-order valence-electron chi connectivity index (χ3n) is 5.60. The Bertz CT molecular complexity index is 816. The third kappa shape index (κ3) is 4.33. The Balaban J connectivity index is 1.38. The van der Waals surface area contributed by atoms with Gasteiger partial charge in [-0.05, 0) is 50.6 Å². The van der Waals surface area contributed by atoms with Gasteiger partial charge in [0, 0.05) is 37.2 Å². The number of nitrogens with one attached hydrogen (secondary N) is 1. The van der Waals surface area contributed by atoms with Crippen LogP contribution in [0.15, 0.2) is 30.5 Å². The van der Waals surface area contributed by atoms with Gasteiger partial charge in [0.1, 0.15) is 11.6 Å². The molecule has 0 spiro atoms. The molecule has 0 radical (unpaired) electrons. The monoisotopic (exact) mass is 380 g/mol. The molecule has 6 nitrogen and oxygen atoms in total. The van der Waals surface area contributed by atoms with E-state index in [9.17, 15) is 4.79 Å². The molecule has 1 N–H and O–H groups in total. The lowest BCUT2D eigenvalue weighted by Crippen LogP contribution is -2.37. The minimum absolute atomic E-state index is 0.150. The van der Waals surface area contributed by atoms with Crippen molar-refractivity contribution in [1.82, 2.24) is 20.2 Å². The summed E-state index contributed by atoms with van der Waals surface area (Å²) in [4.78, 5) is 24.2. The number of rotatable bonds is 5. The van der Waals surface area contributed by atoms with Crippen LogP contribution in [0.2, 0.25) is 0 Å². The van der Waals surface area contributed by atoms with Crippen LogP contribution in [0.4, 0.5) is 0 Å². The van der Waals surface area contributed by atoms with E-state index >= 15 is 0 Å². The van der Waals surface area contributed by atoms with Gasteiger partial charge in [0.05, 0.1) is 18.7 Å². The van der Waals surface area contributed by atoms with Crippen molar-refractivity contribution in [2.24, 2.45) is 0 Å². The van der Waals surface area contributed by atoms with Crippen LogP contribution in [-0.2, 0) is 24.2 Å². The molecule has 1 saturated heterocycles. The molecule has 2 aromatic rings. The highest BCUT2D eigenvalue weighted by molar-refractivity contribution is 5.79. The molecule has 1 aromatic heterocycles. The molecule has 2 aliphatic heterocycles. The lowest BCUT2D eigenvalue weighted by Gasteiger charge is -2.29. The number of piperidine rings is 1. The van der Waals surface area contributed by atoms with E-state index in [0.717, 1.165) is 67.3 Å². The van der Waals surface area contributed by atoms with Gasteiger partial charge in [-0.25, -0.2) is 9.97 Å². The van der Waals surface area contributed by atoms with Gasteiger partial charge < -0.3 is 15.0 Å². The first-order valence-electron chi connectivity index (χ1n) is 10.3. The lowest BCUT2D eigenvalue weighted by atomic mass is 9.96. The number of nitrogens with zero attached hydrogens (tertiary/aromatic N) is 3. The van der Waals surface area contributed by atoms with Crippen molar-refractivity contribution in [2.75, 3.05) is 26.2 Å². The van der Waals surface area contributed by atoms with E-state index in [2.05, 4.69) is 10.3 Å². The lowest BCUT2D eigenvalue weighted by molar-refractivity contribution is -0.131. The van der Waals surface area contributed by atoms with Crippen molar-refractivity contribution in [2.45, 2.75) is 45.1 Å². The molecule has 0 atom stereocenters. The molecule has 148 valence electrons. The summed E-state index contributed by atoms with van der Waals surface area (Å²) in [6, 6.07) is 7.78. The van der Waals surface area contributed by atoms with Gasteiger partial charge in [-0.3, -0.25) is 4.79 Å². The number of hydrogen-bond donors (Lipinski definition) is 1. The zero-order valence-corrected chi connectivity index (χ0v) is 16.5. The average molecular weight is 380 g/mol. The standard InChI is InChI=1S/C22H28N4O2/c1-2-28-19-5-3-16(4-6-19)13-21(27)26-12-9-20-18(15-26)14-24-22(25-20)17-7-10-23-11-8-17/h3-6,14,17,23H,2,7-13,15H2,1H3. The Hall–Kier alpha value is -2.47. The number of hydrogen-bond acceptors (Lipinski definition) is 5. The maximum Gasteiger partial charge on any atom is 0.227 e. The highest BCUT2D eigenvalue weighted by Crippen LogP contribution is 2.25. The molecular formula is C22H28N4O2. The van der Waals surface area contributed by atoms with Crippen LogP contribution in [0.25, 0.3) is 0 Å². The van der Waals surface area contributed by atoms with Gasteiger partial charge in [-0.1, -0.05) is 12.1 Å². The highest BCUT2D eigenvalue weighted by Gasteiger charge is 2.24. The Morgan fingerprint density at radius 3 is 2.79 bits per heavy atom. The van der Waals surface area contributed by atoms with Crippen LogP contribution in [-0.4, -0.2) is 47.0 Å². The first kappa shape index (κ1) is 18.9. The summed E-state index contributed by atoms with van der Waals surface area (Å²) in [6.45, 7) is 6.03. The molecule has 1 amide bonds. The fraction of sp³-hybridized carbons (Fsp3) is 0.500. The first-order chi connectivity index (χ1) is 13.7. The smallest absolute Gasteiger partial charge is 0.227 e. The second kappa shape index (κ2) is 8.69. The molecule has 6 heteroatoms. The summed E-state index contributed by atoms with van der Waals surface area (Å²) in [7, 11) is 0. The molecule has 2 aliphatic rings. The Labute approximate surface area is 166 Å². The van der Waals surface area contributed by atoms with Crippen LogP contribution in [0.5, 0.6) is 5.75 Å². The molecule has 3 heterocycles. The highest BCUT2D eigenvalue weighted by atomic mass is 16.5. The Kier molecular flexibility index (Phi) is 5.86. The minimum Gasteiger partial charge on any atom is -0.494 e. The van der Waals surface area contributed by atoms with Crippen LogP contribution in [0, 0.1) is 0 Å². The second-order valence-electron chi connectivity index (χ2n) is 7.54. The predicted molar refractivity (Wildman–Crippen MR) is 107 cm³/mol. The normalized spacial score (nSPS) is 17.2. The summed E-state index contributed by atoms with van der Waals surface area (Å²) >= 11 is 0. The SMILES string of the molecule is CCOc1ccc(CC(=O)N2CCc3nc(C4CCNCC4)ncc3C2)cc1. The summed E-state index contributed by atoms with van der Waals surface area (Å²) in [5.41, 5.74) is 3.22. The number of aromatic nitrogens is 2. The molecule has 0 unspecified atom stereocenters. The van der Waals surface area contributed by atoms with Gasteiger partial charge in [0.15, 0.2) is 0 Å². The molecule has 0 aliphatic carbocycles.